The topological polar surface area (TPSA) is 20.2 Å². The van der Waals surface area contributed by atoms with Crippen LogP contribution in [-0.2, 0) is 0 Å². The zero-order valence-corrected chi connectivity index (χ0v) is 9.88. The molecule has 0 amide bonds. The Balaban J connectivity index is 2.12. The van der Waals surface area contributed by atoms with Crippen molar-refractivity contribution < 1.29 is 5.11 Å². The van der Waals surface area contributed by atoms with Gasteiger partial charge in [-0.3, -0.25) is 0 Å². The lowest BCUT2D eigenvalue weighted by atomic mass is 10.1. The smallest absolute Gasteiger partial charge is 0.0761 e. The number of aliphatic hydroxyl groups excluding tert-OH is 1. The molecule has 0 aliphatic carbocycles. The Morgan fingerprint density at radius 3 is 1.88 bits per heavy atom. The molecule has 0 heterocycles. The number of hydrogen-bond acceptors (Lipinski definition) is 1. The highest BCUT2D eigenvalue weighted by molar-refractivity contribution is 5.69. The van der Waals surface area contributed by atoms with Crippen LogP contribution in [-0.4, -0.2) is 5.11 Å². The number of hydrogen-bond donors (Lipinski definition) is 1. The van der Waals surface area contributed by atoms with E-state index >= 15 is 0 Å². The molecule has 0 saturated carbocycles. The molecule has 0 aliphatic rings. The quantitative estimate of drug-likeness (QED) is 0.784. The summed E-state index contributed by atoms with van der Waals surface area (Å²) in [5.41, 5.74) is 3.27. The predicted molar refractivity (Wildman–Crippen MR) is 72.4 cm³/mol. The Bertz CT molecular complexity index is 481. The molecule has 86 valence electrons. The summed E-state index contributed by atoms with van der Waals surface area (Å²) in [7, 11) is 0. The van der Waals surface area contributed by atoms with Gasteiger partial charge in [-0.25, -0.2) is 0 Å². The Kier molecular flexibility index (Phi) is 3.73. The fourth-order valence-corrected chi connectivity index (χ4v) is 1.64. The Hall–Kier alpha value is -1.86. The molecule has 0 aromatic heterocycles. The maximum Gasteiger partial charge on any atom is 0.0761 e. The van der Waals surface area contributed by atoms with Crippen LogP contribution in [0.3, 0.4) is 0 Å². The van der Waals surface area contributed by atoms with Gasteiger partial charge in [-0.15, -0.1) is 0 Å². The molecule has 2 aromatic carbocycles. The van der Waals surface area contributed by atoms with Crippen LogP contribution >= 0.6 is 0 Å². The van der Waals surface area contributed by atoms with E-state index in [1.807, 2.05) is 42.5 Å². The normalized spacial score (nSPS) is 12.8. The van der Waals surface area contributed by atoms with Crippen molar-refractivity contribution in [1.82, 2.24) is 0 Å². The third-order valence-electron chi connectivity index (χ3n) is 2.69. The van der Waals surface area contributed by atoms with Gasteiger partial charge < -0.3 is 5.11 Å². The van der Waals surface area contributed by atoms with Crippen molar-refractivity contribution in [3.8, 4) is 0 Å². The van der Waals surface area contributed by atoms with Gasteiger partial charge in [0.2, 0.25) is 0 Å². The molecule has 0 unspecified atom stereocenters. The van der Waals surface area contributed by atoms with Gasteiger partial charge in [0, 0.05) is 0 Å². The molecule has 1 heteroatoms. The molecule has 0 radical (unpaired) electrons. The average Bonchev–Trinajstić information content (AvgIpc) is 2.38. The molecule has 1 atom stereocenters. The largest absolute Gasteiger partial charge is 0.389 e. The van der Waals surface area contributed by atoms with E-state index in [0.717, 1.165) is 11.1 Å². The van der Waals surface area contributed by atoms with Crippen molar-refractivity contribution in [1.29, 1.82) is 0 Å². The van der Waals surface area contributed by atoms with E-state index in [1.54, 1.807) is 6.92 Å². The third kappa shape index (κ3) is 3.30. The summed E-state index contributed by atoms with van der Waals surface area (Å²) >= 11 is 0. The lowest BCUT2D eigenvalue weighted by Crippen LogP contribution is -1.89. The average molecular weight is 224 g/mol. The van der Waals surface area contributed by atoms with E-state index in [1.165, 1.54) is 5.56 Å². The highest BCUT2D eigenvalue weighted by Gasteiger charge is 1.98. The second-order valence-corrected chi connectivity index (χ2v) is 4.09. The first-order valence-electron chi connectivity index (χ1n) is 5.77. The SMILES string of the molecule is C[C@H](O)c1ccc(/C=C/c2ccccc2)cc1. The summed E-state index contributed by atoms with van der Waals surface area (Å²) < 4.78 is 0. The van der Waals surface area contributed by atoms with E-state index in [0.29, 0.717) is 0 Å². The standard InChI is InChI=1S/C16H16O/c1-13(17)16-11-9-15(10-12-16)8-7-14-5-3-2-4-6-14/h2-13,17H,1H3/b8-7+/t13-/m0/s1. The first-order valence-corrected chi connectivity index (χ1v) is 5.77. The van der Waals surface area contributed by atoms with E-state index in [-0.39, 0.29) is 0 Å². The molecular formula is C16H16O. The molecule has 1 N–H and O–H groups in total. The van der Waals surface area contributed by atoms with Gasteiger partial charge in [0.05, 0.1) is 6.10 Å². The van der Waals surface area contributed by atoms with E-state index < -0.39 is 6.10 Å². The molecular weight excluding hydrogens is 208 g/mol. The van der Waals surface area contributed by atoms with E-state index in [4.69, 9.17) is 0 Å². The van der Waals surface area contributed by atoms with Crippen LogP contribution in [0.15, 0.2) is 54.6 Å². The molecule has 17 heavy (non-hydrogen) atoms. The second-order valence-electron chi connectivity index (χ2n) is 4.09. The Morgan fingerprint density at radius 2 is 1.35 bits per heavy atom. The summed E-state index contributed by atoms with van der Waals surface area (Å²) in [6.07, 6.45) is 3.75. The fraction of sp³-hybridized carbons (Fsp3) is 0.125. The van der Waals surface area contributed by atoms with Crippen LogP contribution in [0.25, 0.3) is 12.2 Å². The third-order valence-corrected chi connectivity index (χ3v) is 2.69. The predicted octanol–water partition coefficient (Wildman–Crippen LogP) is 3.91. The highest BCUT2D eigenvalue weighted by atomic mass is 16.3. The van der Waals surface area contributed by atoms with Crippen LogP contribution in [0.2, 0.25) is 0 Å². The van der Waals surface area contributed by atoms with Crippen LogP contribution in [0.1, 0.15) is 29.7 Å². The number of aliphatic hydroxyl groups is 1. The molecule has 1 nitrogen and oxygen atoms in total. The first-order chi connectivity index (χ1) is 8.25. The van der Waals surface area contributed by atoms with Crippen LogP contribution < -0.4 is 0 Å². The van der Waals surface area contributed by atoms with Gasteiger partial charge in [0.25, 0.3) is 0 Å². The minimum atomic E-state index is -0.401. The minimum Gasteiger partial charge on any atom is -0.389 e. The van der Waals surface area contributed by atoms with Gasteiger partial charge >= 0.3 is 0 Å². The zero-order chi connectivity index (χ0) is 12.1. The van der Waals surface area contributed by atoms with Gasteiger partial charge in [-0.05, 0) is 23.6 Å². The van der Waals surface area contributed by atoms with E-state index in [9.17, 15) is 5.11 Å². The minimum absolute atomic E-state index is 0.401. The van der Waals surface area contributed by atoms with Crippen LogP contribution in [0.4, 0.5) is 0 Å². The van der Waals surface area contributed by atoms with Gasteiger partial charge in [0.1, 0.15) is 0 Å². The molecule has 0 fully saturated rings. The van der Waals surface area contributed by atoms with Crippen molar-refractivity contribution in [2.24, 2.45) is 0 Å². The monoisotopic (exact) mass is 224 g/mol. The lowest BCUT2D eigenvalue weighted by molar-refractivity contribution is 0.199. The Morgan fingerprint density at radius 1 is 0.824 bits per heavy atom. The second kappa shape index (κ2) is 5.46. The summed E-state index contributed by atoms with van der Waals surface area (Å²) in [5.74, 6) is 0. The molecule has 2 rings (SSSR count). The molecule has 0 aliphatic heterocycles. The highest BCUT2D eigenvalue weighted by Crippen LogP contribution is 2.14. The lowest BCUT2D eigenvalue weighted by Gasteiger charge is -2.03. The van der Waals surface area contributed by atoms with Gasteiger partial charge in [-0.2, -0.15) is 0 Å². The summed E-state index contributed by atoms with van der Waals surface area (Å²) in [4.78, 5) is 0. The van der Waals surface area contributed by atoms with Gasteiger partial charge in [-0.1, -0.05) is 66.7 Å². The van der Waals surface area contributed by atoms with Crippen LogP contribution in [0, 0.1) is 0 Å². The molecule has 0 spiro atoms. The fourth-order valence-electron chi connectivity index (χ4n) is 1.64. The van der Waals surface area contributed by atoms with Crippen molar-refractivity contribution in [2.45, 2.75) is 13.0 Å². The van der Waals surface area contributed by atoms with Gasteiger partial charge in [0.15, 0.2) is 0 Å². The maximum atomic E-state index is 9.40. The molecule has 2 aromatic rings. The number of benzene rings is 2. The summed E-state index contributed by atoms with van der Waals surface area (Å²) in [5, 5.41) is 9.40. The van der Waals surface area contributed by atoms with Crippen molar-refractivity contribution >= 4 is 12.2 Å². The first kappa shape index (κ1) is 11.6. The Labute approximate surface area is 102 Å². The van der Waals surface area contributed by atoms with Crippen LogP contribution in [0.5, 0.6) is 0 Å². The molecule has 0 saturated heterocycles. The summed E-state index contributed by atoms with van der Waals surface area (Å²) in [6.45, 7) is 1.77. The molecule has 0 bridgehead atoms. The van der Waals surface area contributed by atoms with E-state index in [2.05, 4.69) is 24.3 Å². The van der Waals surface area contributed by atoms with Crippen molar-refractivity contribution in [3.05, 3.63) is 71.3 Å². The van der Waals surface area contributed by atoms with Crippen molar-refractivity contribution in [3.63, 3.8) is 0 Å². The number of rotatable bonds is 3. The maximum absolute atomic E-state index is 9.40. The summed E-state index contributed by atoms with van der Waals surface area (Å²) in [6, 6.07) is 18.1. The van der Waals surface area contributed by atoms with Crippen molar-refractivity contribution in [2.75, 3.05) is 0 Å². The zero-order valence-electron chi connectivity index (χ0n) is 9.88.